The van der Waals surface area contributed by atoms with Gasteiger partial charge in [0, 0.05) is 40.4 Å². The average molecular weight is 278 g/mol. The van der Waals surface area contributed by atoms with E-state index in [1.807, 2.05) is 4.90 Å². The van der Waals surface area contributed by atoms with Gasteiger partial charge in [-0.25, -0.2) is 0 Å². The molecule has 0 spiro atoms. The summed E-state index contributed by atoms with van der Waals surface area (Å²) in [4.78, 5) is 21.1. The minimum atomic E-state index is 0. The van der Waals surface area contributed by atoms with Crippen LogP contribution < -0.4 is 5.32 Å². The van der Waals surface area contributed by atoms with Crippen molar-refractivity contribution in [3.05, 3.63) is 0 Å². The molecular formula is C15H26N4O. The van der Waals surface area contributed by atoms with E-state index >= 15 is 0 Å². The first-order valence-electron chi connectivity index (χ1n) is 7.90. The Kier molecular flexibility index (Phi) is 2.50. The standard InChI is InChI=1S/C15H24N4O.H2/c1-11-17-14-5-6-16-10-15(14,9-14)19(11)13-3-7-18(8-4-13)12(2)20;/h13,16H,3-10H2,1-2H3;1H. The van der Waals surface area contributed by atoms with E-state index in [4.69, 9.17) is 4.99 Å². The van der Waals surface area contributed by atoms with Crippen LogP contribution in [0, 0.1) is 0 Å². The Labute approximate surface area is 121 Å². The number of hydrogen-bond donors (Lipinski definition) is 1. The molecular weight excluding hydrogens is 252 g/mol. The highest BCUT2D eigenvalue weighted by Gasteiger charge is 2.75. The molecule has 0 aromatic rings. The predicted molar refractivity (Wildman–Crippen MR) is 79.9 cm³/mol. The molecule has 2 saturated heterocycles. The zero-order chi connectivity index (χ0) is 14.0. The van der Waals surface area contributed by atoms with Crippen molar-refractivity contribution in [2.24, 2.45) is 4.99 Å². The maximum Gasteiger partial charge on any atom is 0.219 e. The van der Waals surface area contributed by atoms with Crippen molar-refractivity contribution in [1.29, 1.82) is 0 Å². The maximum atomic E-state index is 11.5. The van der Waals surface area contributed by atoms with E-state index < -0.39 is 0 Å². The Morgan fingerprint density at radius 1 is 1.45 bits per heavy atom. The number of piperidine rings is 2. The molecule has 3 fully saturated rings. The Bertz CT molecular complexity index is 488. The quantitative estimate of drug-likeness (QED) is 0.773. The zero-order valence-corrected chi connectivity index (χ0v) is 12.5. The topological polar surface area (TPSA) is 47.9 Å². The summed E-state index contributed by atoms with van der Waals surface area (Å²) < 4.78 is 0. The van der Waals surface area contributed by atoms with Crippen LogP contribution in [0.2, 0.25) is 0 Å². The number of likely N-dealkylation sites (tertiary alicyclic amines) is 1. The second kappa shape index (κ2) is 3.97. The largest absolute Gasteiger partial charge is 0.348 e. The van der Waals surface area contributed by atoms with E-state index in [2.05, 4.69) is 17.1 Å². The van der Waals surface area contributed by atoms with E-state index in [9.17, 15) is 4.79 Å². The third-order valence-corrected chi connectivity index (χ3v) is 5.92. The van der Waals surface area contributed by atoms with Gasteiger partial charge in [-0.3, -0.25) is 9.79 Å². The molecule has 0 aromatic heterocycles. The highest BCUT2D eigenvalue weighted by molar-refractivity contribution is 5.86. The normalized spacial score (nSPS) is 40.2. The van der Waals surface area contributed by atoms with Crippen molar-refractivity contribution < 1.29 is 6.22 Å². The first-order valence-corrected chi connectivity index (χ1v) is 7.90. The second-order valence-electron chi connectivity index (χ2n) is 6.93. The summed E-state index contributed by atoms with van der Waals surface area (Å²) >= 11 is 0. The number of aliphatic imine (C=N–C) groups is 1. The lowest BCUT2D eigenvalue weighted by molar-refractivity contribution is -0.130. The van der Waals surface area contributed by atoms with Crippen LogP contribution in [0.15, 0.2) is 4.99 Å². The van der Waals surface area contributed by atoms with Gasteiger partial charge in [0.1, 0.15) is 0 Å². The number of carbonyl (C=O) groups is 1. The lowest BCUT2D eigenvalue weighted by Crippen LogP contribution is -2.57. The van der Waals surface area contributed by atoms with Crippen molar-refractivity contribution >= 4 is 11.7 Å². The summed E-state index contributed by atoms with van der Waals surface area (Å²) in [6.45, 7) is 7.85. The molecule has 1 amide bonds. The number of rotatable bonds is 1. The third kappa shape index (κ3) is 1.47. The van der Waals surface area contributed by atoms with E-state index in [1.54, 1.807) is 6.92 Å². The SMILES string of the molecule is CC(=O)N1CCC(N2C(C)=NC34CCNCC23C4)CC1.[HH]. The molecule has 4 rings (SSSR count). The van der Waals surface area contributed by atoms with Gasteiger partial charge in [0.25, 0.3) is 0 Å². The molecule has 3 heterocycles. The van der Waals surface area contributed by atoms with Crippen molar-refractivity contribution in [1.82, 2.24) is 15.1 Å². The Balaban J connectivity index is 0.00000132. The molecule has 0 radical (unpaired) electrons. The van der Waals surface area contributed by atoms with Gasteiger partial charge in [0.2, 0.25) is 5.91 Å². The number of hydrogen-bond acceptors (Lipinski definition) is 4. The van der Waals surface area contributed by atoms with Crippen LogP contribution in [0.3, 0.4) is 0 Å². The van der Waals surface area contributed by atoms with Crippen molar-refractivity contribution in [2.75, 3.05) is 26.2 Å². The van der Waals surface area contributed by atoms with Crippen LogP contribution in [-0.2, 0) is 4.79 Å². The predicted octanol–water partition coefficient (Wildman–Crippen LogP) is 0.852. The lowest BCUT2D eigenvalue weighted by atomic mass is 9.96. The zero-order valence-electron chi connectivity index (χ0n) is 12.5. The van der Waals surface area contributed by atoms with E-state index in [0.29, 0.717) is 6.04 Å². The summed E-state index contributed by atoms with van der Waals surface area (Å²) in [5.74, 6) is 1.45. The molecule has 1 N–H and O–H groups in total. The molecule has 2 unspecified atom stereocenters. The second-order valence-corrected chi connectivity index (χ2v) is 6.93. The molecule has 4 aliphatic rings. The molecule has 0 aromatic carbocycles. The smallest absolute Gasteiger partial charge is 0.219 e. The van der Waals surface area contributed by atoms with Gasteiger partial charge < -0.3 is 15.1 Å². The van der Waals surface area contributed by atoms with Crippen LogP contribution >= 0.6 is 0 Å². The van der Waals surface area contributed by atoms with Gasteiger partial charge in [0.15, 0.2) is 0 Å². The number of carbonyl (C=O) groups excluding carboxylic acids is 1. The van der Waals surface area contributed by atoms with Crippen molar-refractivity contribution in [2.45, 2.75) is 56.7 Å². The van der Waals surface area contributed by atoms with Gasteiger partial charge in [-0.2, -0.15) is 0 Å². The molecule has 20 heavy (non-hydrogen) atoms. The summed E-state index contributed by atoms with van der Waals surface area (Å²) in [7, 11) is 0. The number of amidine groups is 1. The van der Waals surface area contributed by atoms with Crippen LogP contribution in [0.5, 0.6) is 0 Å². The fraction of sp³-hybridized carbons (Fsp3) is 0.867. The Morgan fingerprint density at radius 2 is 2.20 bits per heavy atom. The maximum absolute atomic E-state index is 11.5. The summed E-state index contributed by atoms with van der Waals surface area (Å²) in [5.41, 5.74) is 0.512. The fourth-order valence-electron chi connectivity index (χ4n) is 4.90. The van der Waals surface area contributed by atoms with E-state index in [0.717, 1.165) is 39.0 Å². The van der Waals surface area contributed by atoms with Crippen LogP contribution in [0.4, 0.5) is 0 Å². The summed E-state index contributed by atoms with van der Waals surface area (Å²) in [5, 5.41) is 3.57. The van der Waals surface area contributed by atoms with Crippen molar-refractivity contribution in [3.63, 3.8) is 0 Å². The highest BCUT2D eigenvalue weighted by Crippen LogP contribution is 2.63. The van der Waals surface area contributed by atoms with Crippen LogP contribution in [-0.4, -0.2) is 64.8 Å². The number of nitrogens with one attached hydrogen (secondary N) is 1. The molecule has 0 bridgehead atoms. The minimum absolute atomic E-state index is 0. The fourth-order valence-corrected chi connectivity index (χ4v) is 4.90. The average Bonchev–Trinajstić information content (AvgIpc) is 3.00. The molecule has 1 aliphatic carbocycles. The Morgan fingerprint density at radius 3 is 2.90 bits per heavy atom. The van der Waals surface area contributed by atoms with Crippen LogP contribution in [0.25, 0.3) is 0 Å². The monoisotopic (exact) mass is 278 g/mol. The van der Waals surface area contributed by atoms with Gasteiger partial charge in [0.05, 0.1) is 16.9 Å². The molecule has 112 valence electrons. The van der Waals surface area contributed by atoms with Gasteiger partial charge in [-0.05, 0) is 32.7 Å². The summed E-state index contributed by atoms with van der Waals surface area (Å²) in [6.07, 6.45) is 4.60. The van der Waals surface area contributed by atoms with Gasteiger partial charge in [-0.15, -0.1) is 0 Å². The molecule has 5 nitrogen and oxygen atoms in total. The molecule has 1 saturated carbocycles. The lowest BCUT2D eigenvalue weighted by Gasteiger charge is -2.43. The van der Waals surface area contributed by atoms with Crippen molar-refractivity contribution in [3.8, 4) is 0 Å². The van der Waals surface area contributed by atoms with E-state index in [1.165, 1.54) is 18.7 Å². The molecule has 3 aliphatic heterocycles. The molecule has 5 heteroatoms. The van der Waals surface area contributed by atoms with E-state index in [-0.39, 0.29) is 18.4 Å². The molecule has 2 atom stereocenters. The number of nitrogens with zero attached hydrogens (tertiary/aromatic N) is 3. The Hall–Kier alpha value is -1.10. The first-order chi connectivity index (χ1) is 9.58. The van der Waals surface area contributed by atoms with Gasteiger partial charge >= 0.3 is 0 Å². The highest BCUT2D eigenvalue weighted by atomic mass is 16.2. The summed E-state index contributed by atoms with van der Waals surface area (Å²) in [6, 6.07) is 0.568. The first kappa shape index (κ1) is 12.6. The third-order valence-electron chi connectivity index (χ3n) is 5.92. The minimum Gasteiger partial charge on any atom is -0.348 e. The number of amides is 1. The van der Waals surface area contributed by atoms with Gasteiger partial charge in [-0.1, -0.05) is 0 Å². The van der Waals surface area contributed by atoms with Crippen LogP contribution in [0.1, 0.15) is 41.0 Å².